The Kier molecular flexibility index (Phi) is 5.47. The van der Waals surface area contributed by atoms with Gasteiger partial charge in [-0.25, -0.2) is 0 Å². The van der Waals surface area contributed by atoms with Crippen LogP contribution in [0.25, 0.3) is 88.0 Å². The van der Waals surface area contributed by atoms with Crippen LogP contribution in [0.1, 0.15) is 11.1 Å². The Balaban J connectivity index is 1.25. The molecule has 0 spiro atoms. The topological polar surface area (TPSA) is 9.86 Å². The number of benzene rings is 8. The van der Waals surface area contributed by atoms with Crippen molar-refractivity contribution >= 4 is 54.4 Å². The van der Waals surface area contributed by atoms with E-state index in [-0.39, 0.29) is 0 Å². The first-order valence-electron chi connectivity index (χ1n) is 17.1. The van der Waals surface area contributed by atoms with Gasteiger partial charge in [-0.05, 0) is 105 Å². The lowest BCUT2D eigenvalue weighted by atomic mass is 9.82. The van der Waals surface area contributed by atoms with E-state index in [0.717, 1.165) is 6.42 Å². The number of nitrogens with zero attached hydrogens (tertiary/aromatic N) is 2. The molecule has 1 aliphatic rings. The molecule has 2 nitrogen and oxygen atoms in total. The van der Waals surface area contributed by atoms with E-state index in [9.17, 15) is 0 Å². The van der Waals surface area contributed by atoms with Crippen molar-refractivity contribution in [3.8, 4) is 33.6 Å². The molecule has 0 amide bonds. The summed E-state index contributed by atoms with van der Waals surface area (Å²) < 4.78 is 4.88. The van der Waals surface area contributed by atoms with Crippen molar-refractivity contribution in [2.24, 2.45) is 0 Å². The van der Waals surface area contributed by atoms with Crippen LogP contribution in [0.2, 0.25) is 0 Å². The van der Waals surface area contributed by atoms with Crippen molar-refractivity contribution in [1.82, 2.24) is 9.13 Å². The molecule has 0 N–H and O–H groups in total. The molecule has 0 saturated carbocycles. The predicted octanol–water partition coefficient (Wildman–Crippen LogP) is 12.3. The molecule has 2 heterocycles. The summed E-state index contributed by atoms with van der Waals surface area (Å²) in [6.45, 7) is 0. The lowest BCUT2D eigenvalue weighted by Gasteiger charge is -2.22. The molecule has 0 radical (unpaired) electrons. The van der Waals surface area contributed by atoms with Gasteiger partial charge >= 0.3 is 0 Å². The van der Waals surface area contributed by atoms with Crippen molar-refractivity contribution in [3.63, 3.8) is 0 Å². The second-order valence-electron chi connectivity index (χ2n) is 13.3. The van der Waals surface area contributed by atoms with Crippen molar-refractivity contribution < 1.29 is 0 Å². The molecule has 0 aliphatic heterocycles. The van der Waals surface area contributed by atoms with Gasteiger partial charge in [0.2, 0.25) is 0 Å². The van der Waals surface area contributed by atoms with Gasteiger partial charge in [0.05, 0.1) is 22.1 Å². The summed E-state index contributed by atoms with van der Waals surface area (Å²) in [5.41, 5.74) is 15.3. The number of hydrogen-bond acceptors (Lipinski definition) is 0. The van der Waals surface area contributed by atoms with Gasteiger partial charge in [-0.2, -0.15) is 0 Å². The zero-order chi connectivity index (χ0) is 32.1. The molecule has 0 fully saturated rings. The predicted molar refractivity (Wildman–Crippen MR) is 206 cm³/mol. The summed E-state index contributed by atoms with van der Waals surface area (Å²) in [5.74, 6) is 0. The van der Waals surface area contributed by atoms with Gasteiger partial charge in [-0.1, -0.05) is 115 Å². The number of hydrogen-bond donors (Lipinski definition) is 0. The van der Waals surface area contributed by atoms with Gasteiger partial charge < -0.3 is 9.13 Å². The molecule has 0 bridgehead atoms. The Hall–Kier alpha value is -6.38. The molecule has 228 valence electrons. The maximum Gasteiger partial charge on any atom is 0.0550 e. The summed E-state index contributed by atoms with van der Waals surface area (Å²) in [5, 5.41) is 7.87. The molecular weight excluding hydrogens is 593 g/mol. The number of rotatable bonds is 3. The van der Waals surface area contributed by atoms with Crippen molar-refractivity contribution in [2.75, 3.05) is 0 Å². The maximum atomic E-state index is 2.47. The van der Waals surface area contributed by atoms with E-state index in [0.29, 0.717) is 0 Å². The standard InChI is InChI=1S/C47H30N2/c1-3-14-33(15-4-1)48-41-23-10-9-19-38(41)46-36(20-12-24-43(46)48)31-25-26-42-40(28-31)47-39-22-11-21-37-35-18-8-7-13-30(35)27-32(45(37)39)29-44(47)49(42)34-16-5-2-6-17-34/h1-26,28-29H,27H2. The van der Waals surface area contributed by atoms with E-state index in [1.165, 1.54) is 99.1 Å². The Morgan fingerprint density at radius 1 is 0.327 bits per heavy atom. The van der Waals surface area contributed by atoms with Crippen LogP contribution < -0.4 is 0 Å². The van der Waals surface area contributed by atoms with Gasteiger partial charge in [0, 0.05) is 32.9 Å². The summed E-state index contributed by atoms with van der Waals surface area (Å²) >= 11 is 0. The SMILES string of the molecule is c1ccc(-n2c3ccccc3c3c(-c4ccc5c(c4)c4c6cccc7c6c(cc4n5-c4ccccc4)Cc4ccccc4-7)cccc32)cc1. The van der Waals surface area contributed by atoms with E-state index in [1.54, 1.807) is 0 Å². The third kappa shape index (κ3) is 3.71. The Morgan fingerprint density at radius 2 is 0.939 bits per heavy atom. The molecule has 8 aromatic carbocycles. The zero-order valence-corrected chi connectivity index (χ0v) is 26.8. The highest BCUT2D eigenvalue weighted by Gasteiger charge is 2.24. The fourth-order valence-electron chi connectivity index (χ4n) is 8.72. The highest BCUT2D eigenvalue weighted by atomic mass is 15.0. The molecular formula is C47H30N2. The molecule has 2 heteroatoms. The highest BCUT2D eigenvalue weighted by Crippen LogP contribution is 2.47. The lowest BCUT2D eigenvalue weighted by Crippen LogP contribution is -2.02. The van der Waals surface area contributed by atoms with Crippen molar-refractivity contribution in [3.05, 3.63) is 181 Å². The van der Waals surface area contributed by atoms with E-state index < -0.39 is 0 Å². The van der Waals surface area contributed by atoms with Crippen molar-refractivity contribution in [2.45, 2.75) is 6.42 Å². The van der Waals surface area contributed by atoms with Gasteiger partial charge in [-0.3, -0.25) is 0 Å². The number of para-hydroxylation sites is 3. The highest BCUT2D eigenvalue weighted by molar-refractivity contribution is 6.25. The fraction of sp³-hybridized carbons (Fsp3) is 0.0213. The van der Waals surface area contributed by atoms with Crippen molar-refractivity contribution in [1.29, 1.82) is 0 Å². The Labute approximate surface area is 283 Å². The first kappa shape index (κ1) is 26.7. The monoisotopic (exact) mass is 622 g/mol. The van der Waals surface area contributed by atoms with Crippen LogP contribution in [0.15, 0.2) is 170 Å². The second-order valence-corrected chi connectivity index (χ2v) is 13.3. The van der Waals surface area contributed by atoms with E-state index in [4.69, 9.17) is 0 Å². The third-order valence-electron chi connectivity index (χ3n) is 10.7. The average Bonchev–Trinajstić information content (AvgIpc) is 3.68. The second kappa shape index (κ2) is 10.1. The fourth-order valence-corrected chi connectivity index (χ4v) is 8.72. The maximum absolute atomic E-state index is 2.47. The number of fused-ring (bicyclic) bond motifs is 9. The summed E-state index contributed by atoms with van der Waals surface area (Å²) in [6.07, 6.45) is 0.939. The molecule has 49 heavy (non-hydrogen) atoms. The zero-order valence-electron chi connectivity index (χ0n) is 26.8. The van der Waals surface area contributed by atoms with Gasteiger partial charge in [0.15, 0.2) is 0 Å². The third-order valence-corrected chi connectivity index (χ3v) is 10.7. The van der Waals surface area contributed by atoms with Crippen LogP contribution in [0.5, 0.6) is 0 Å². The van der Waals surface area contributed by atoms with Gasteiger partial charge in [-0.15, -0.1) is 0 Å². The molecule has 0 atom stereocenters. The first-order valence-corrected chi connectivity index (χ1v) is 17.1. The minimum absolute atomic E-state index is 0.939. The molecule has 1 aliphatic carbocycles. The molecule has 0 unspecified atom stereocenters. The summed E-state index contributed by atoms with van der Waals surface area (Å²) in [7, 11) is 0. The van der Waals surface area contributed by atoms with E-state index >= 15 is 0 Å². The van der Waals surface area contributed by atoms with Crippen LogP contribution in [0.4, 0.5) is 0 Å². The first-order chi connectivity index (χ1) is 24.3. The molecule has 0 saturated heterocycles. The average molecular weight is 623 g/mol. The molecule has 10 aromatic rings. The summed E-state index contributed by atoms with van der Waals surface area (Å²) in [6, 6.07) is 62.6. The Morgan fingerprint density at radius 3 is 1.78 bits per heavy atom. The van der Waals surface area contributed by atoms with Crippen LogP contribution in [0, 0.1) is 0 Å². The van der Waals surface area contributed by atoms with Crippen LogP contribution in [-0.4, -0.2) is 9.13 Å². The van der Waals surface area contributed by atoms with Crippen LogP contribution >= 0.6 is 0 Å². The minimum atomic E-state index is 0.939. The normalized spacial score (nSPS) is 12.4. The smallest absolute Gasteiger partial charge is 0.0550 e. The van der Waals surface area contributed by atoms with E-state index in [1.807, 2.05) is 0 Å². The largest absolute Gasteiger partial charge is 0.309 e. The minimum Gasteiger partial charge on any atom is -0.309 e. The molecule has 2 aromatic heterocycles. The molecule has 11 rings (SSSR count). The van der Waals surface area contributed by atoms with Crippen LogP contribution in [-0.2, 0) is 6.42 Å². The van der Waals surface area contributed by atoms with Gasteiger partial charge in [0.25, 0.3) is 0 Å². The Bertz CT molecular complexity index is 2940. The van der Waals surface area contributed by atoms with Gasteiger partial charge in [0.1, 0.15) is 0 Å². The van der Waals surface area contributed by atoms with Crippen LogP contribution in [0.3, 0.4) is 0 Å². The number of aromatic nitrogens is 2. The summed E-state index contributed by atoms with van der Waals surface area (Å²) in [4.78, 5) is 0. The quantitative estimate of drug-likeness (QED) is 0.186. The van der Waals surface area contributed by atoms with E-state index in [2.05, 4.69) is 179 Å². The lowest BCUT2D eigenvalue weighted by molar-refractivity contribution is 1.16.